The number of hydrogen-bond acceptors (Lipinski definition) is 2. The summed E-state index contributed by atoms with van der Waals surface area (Å²) in [7, 11) is 0. The number of nitrogens with two attached hydrogens (primary N) is 1. The first-order chi connectivity index (χ1) is 7.99. The number of rotatable bonds is 3. The summed E-state index contributed by atoms with van der Waals surface area (Å²) >= 11 is 8.73. The van der Waals surface area contributed by atoms with Crippen molar-refractivity contribution in [1.29, 1.82) is 0 Å². The van der Waals surface area contributed by atoms with E-state index >= 15 is 0 Å². The third-order valence-electron chi connectivity index (χ3n) is 2.72. The van der Waals surface area contributed by atoms with Crippen LogP contribution in [-0.2, 0) is 12.0 Å². The number of hydrogen-bond donors (Lipinski definition) is 1. The van der Waals surface area contributed by atoms with Gasteiger partial charge in [0.05, 0.1) is 0 Å². The molecule has 0 aliphatic heterocycles. The van der Waals surface area contributed by atoms with Gasteiger partial charge >= 0.3 is 0 Å². The highest BCUT2D eigenvalue weighted by atomic mass is 79.9. The lowest BCUT2D eigenvalue weighted by Crippen LogP contribution is -2.35. The Hall–Kier alpha value is -0.160. The minimum Gasteiger partial charge on any atom is -0.321 e. The van der Waals surface area contributed by atoms with Gasteiger partial charge in [-0.3, -0.25) is 0 Å². The fourth-order valence-corrected chi connectivity index (χ4v) is 3.64. The molecule has 0 amide bonds. The molecule has 90 valence electrons. The monoisotopic (exact) mass is 373 g/mol. The predicted molar refractivity (Wildman–Crippen MR) is 81.4 cm³/mol. The van der Waals surface area contributed by atoms with Crippen LogP contribution in [0.15, 0.2) is 44.7 Å². The Morgan fingerprint density at radius 2 is 1.82 bits per heavy atom. The molecule has 0 fully saturated rings. The molecule has 0 radical (unpaired) electrons. The molecule has 1 atom stereocenters. The van der Waals surface area contributed by atoms with Crippen LogP contribution in [0.3, 0.4) is 0 Å². The topological polar surface area (TPSA) is 26.0 Å². The van der Waals surface area contributed by atoms with Gasteiger partial charge in [0, 0.05) is 25.8 Å². The molecule has 1 unspecified atom stereocenters. The van der Waals surface area contributed by atoms with Crippen molar-refractivity contribution in [3.8, 4) is 0 Å². The summed E-state index contributed by atoms with van der Waals surface area (Å²) in [6.45, 7) is 2.07. The van der Waals surface area contributed by atoms with Crippen LogP contribution in [0.4, 0.5) is 0 Å². The molecule has 0 aliphatic carbocycles. The zero-order chi connectivity index (χ0) is 12.5. The van der Waals surface area contributed by atoms with Crippen LogP contribution < -0.4 is 5.73 Å². The number of thiophene rings is 1. The van der Waals surface area contributed by atoms with Crippen molar-refractivity contribution >= 4 is 43.2 Å². The normalized spacial score (nSPS) is 14.6. The van der Waals surface area contributed by atoms with Crippen molar-refractivity contribution in [2.24, 2.45) is 5.73 Å². The molecule has 2 rings (SSSR count). The molecule has 0 aliphatic rings. The van der Waals surface area contributed by atoms with Crippen molar-refractivity contribution in [2.75, 3.05) is 0 Å². The Kier molecular flexibility index (Phi) is 4.08. The molecular weight excluding hydrogens is 362 g/mol. The van der Waals surface area contributed by atoms with Gasteiger partial charge in [-0.05, 0) is 52.0 Å². The van der Waals surface area contributed by atoms with E-state index in [2.05, 4.69) is 62.4 Å². The highest BCUT2D eigenvalue weighted by Gasteiger charge is 2.23. The van der Waals surface area contributed by atoms with Crippen LogP contribution in [0, 0.1) is 0 Å². The van der Waals surface area contributed by atoms with E-state index in [-0.39, 0.29) is 5.54 Å². The van der Waals surface area contributed by atoms with Gasteiger partial charge in [-0.25, -0.2) is 0 Å². The van der Waals surface area contributed by atoms with E-state index in [0.29, 0.717) is 0 Å². The maximum Gasteiger partial charge on any atom is 0.0430 e. The SMILES string of the molecule is CC(N)(Cc1sccc1Br)c1ccc(Br)cc1. The average Bonchev–Trinajstić information content (AvgIpc) is 2.64. The second-order valence-corrected chi connectivity index (χ2v) is 7.06. The lowest BCUT2D eigenvalue weighted by Gasteiger charge is -2.25. The lowest BCUT2D eigenvalue weighted by molar-refractivity contribution is 0.494. The van der Waals surface area contributed by atoms with Crippen molar-refractivity contribution < 1.29 is 0 Å². The van der Waals surface area contributed by atoms with E-state index in [1.807, 2.05) is 12.1 Å². The van der Waals surface area contributed by atoms with Gasteiger partial charge in [-0.2, -0.15) is 0 Å². The fourth-order valence-electron chi connectivity index (χ4n) is 1.72. The van der Waals surface area contributed by atoms with Gasteiger partial charge in [-0.1, -0.05) is 28.1 Å². The van der Waals surface area contributed by atoms with Gasteiger partial charge in [0.25, 0.3) is 0 Å². The van der Waals surface area contributed by atoms with Crippen LogP contribution in [-0.4, -0.2) is 0 Å². The molecule has 1 nitrogen and oxygen atoms in total. The standard InChI is InChI=1S/C13H13Br2NS/c1-13(16,8-12-11(15)6-7-17-12)9-2-4-10(14)5-3-9/h2-7H,8,16H2,1H3. The van der Waals surface area contributed by atoms with Crippen molar-refractivity contribution in [2.45, 2.75) is 18.9 Å². The minimum absolute atomic E-state index is 0.339. The average molecular weight is 375 g/mol. The van der Waals surface area contributed by atoms with Gasteiger partial charge < -0.3 is 5.73 Å². The quantitative estimate of drug-likeness (QED) is 0.828. The Morgan fingerprint density at radius 1 is 1.18 bits per heavy atom. The van der Waals surface area contributed by atoms with E-state index < -0.39 is 0 Å². The summed E-state index contributed by atoms with van der Waals surface area (Å²) in [4.78, 5) is 1.29. The third-order valence-corrected chi connectivity index (χ3v) is 5.18. The van der Waals surface area contributed by atoms with Gasteiger partial charge in [0.2, 0.25) is 0 Å². The maximum atomic E-state index is 6.42. The summed E-state index contributed by atoms with van der Waals surface area (Å²) in [5.74, 6) is 0. The van der Waals surface area contributed by atoms with Gasteiger partial charge in [-0.15, -0.1) is 11.3 Å². The zero-order valence-electron chi connectivity index (χ0n) is 9.41. The molecule has 1 aromatic carbocycles. The van der Waals surface area contributed by atoms with Crippen LogP contribution in [0.5, 0.6) is 0 Å². The van der Waals surface area contributed by atoms with E-state index in [0.717, 1.165) is 20.9 Å². The molecule has 4 heteroatoms. The lowest BCUT2D eigenvalue weighted by atomic mass is 9.89. The Balaban J connectivity index is 2.24. The zero-order valence-corrected chi connectivity index (χ0v) is 13.4. The fraction of sp³-hybridized carbons (Fsp3) is 0.231. The summed E-state index contributed by atoms with van der Waals surface area (Å²) in [6.07, 6.45) is 0.840. The van der Waals surface area contributed by atoms with Crippen LogP contribution >= 0.6 is 43.2 Å². The molecule has 0 spiro atoms. The van der Waals surface area contributed by atoms with E-state index in [1.54, 1.807) is 11.3 Å². The van der Waals surface area contributed by atoms with Crippen LogP contribution in [0.2, 0.25) is 0 Å². The summed E-state index contributed by atoms with van der Waals surface area (Å²) in [5, 5.41) is 2.08. The molecule has 17 heavy (non-hydrogen) atoms. The van der Waals surface area contributed by atoms with Crippen molar-refractivity contribution in [1.82, 2.24) is 0 Å². The van der Waals surface area contributed by atoms with E-state index in [9.17, 15) is 0 Å². The molecule has 0 bridgehead atoms. The van der Waals surface area contributed by atoms with Gasteiger partial charge in [0.15, 0.2) is 0 Å². The second-order valence-electron chi connectivity index (χ2n) is 4.29. The summed E-state index contributed by atoms with van der Waals surface area (Å²) < 4.78 is 2.23. The molecule has 2 N–H and O–H groups in total. The Labute approximate surface area is 122 Å². The first-order valence-corrected chi connectivity index (χ1v) is 7.72. The number of halogens is 2. The largest absolute Gasteiger partial charge is 0.321 e. The molecular formula is C13H13Br2NS. The van der Waals surface area contributed by atoms with Crippen LogP contribution in [0.25, 0.3) is 0 Å². The maximum absolute atomic E-state index is 6.42. The highest BCUT2D eigenvalue weighted by Crippen LogP contribution is 2.30. The van der Waals surface area contributed by atoms with Crippen molar-refractivity contribution in [3.05, 3.63) is 55.1 Å². The van der Waals surface area contributed by atoms with E-state index in [4.69, 9.17) is 5.73 Å². The molecule has 2 aromatic rings. The third kappa shape index (κ3) is 3.19. The summed E-state index contributed by atoms with van der Waals surface area (Å²) in [5.41, 5.74) is 7.23. The minimum atomic E-state index is -0.339. The molecule has 1 heterocycles. The van der Waals surface area contributed by atoms with Crippen LogP contribution in [0.1, 0.15) is 17.4 Å². The second kappa shape index (κ2) is 5.22. The number of benzene rings is 1. The van der Waals surface area contributed by atoms with E-state index in [1.165, 1.54) is 4.88 Å². The molecule has 1 aromatic heterocycles. The first kappa shape index (κ1) is 13.3. The smallest absolute Gasteiger partial charge is 0.0430 e. The Bertz CT molecular complexity index is 502. The summed E-state index contributed by atoms with van der Waals surface area (Å²) in [6, 6.07) is 10.3. The highest BCUT2D eigenvalue weighted by molar-refractivity contribution is 9.10. The van der Waals surface area contributed by atoms with Gasteiger partial charge in [0.1, 0.15) is 0 Å². The Morgan fingerprint density at radius 3 is 2.35 bits per heavy atom. The molecule has 0 saturated carbocycles. The predicted octanol–water partition coefficient (Wildman–Crippen LogP) is 4.69. The molecule has 0 saturated heterocycles. The van der Waals surface area contributed by atoms with Crippen molar-refractivity contribution in [3.63, 3.8) is 0 Å². The first-order valence-electron chi connectivity index (χ1n) is 5.26.